The second kappa shape index (κ2) is 6.31. The third-order valence-corrected chi connectivity index (χ3v) is 4.58. The zero-order valence-corrected chi connectivity index (χ0v) is 13.3. The zero-order valence-electron chi connectivity index (χ0n) is 13.3. The van der Waals surface area contributed by atoms with E-state index in [0.29, 0.717) is 18.0 Å². The second-order valence-corrected chi connectivity index (χ2v) is 6.09. The van der Waals surface area contributed by atoms with Crippen molar-refractivity contribution in [2.45, 2.75) is 18.8 Å². The molecule has 6 nitrogen and oxygen atoms in total. The fourth-order valence-corrected chi connectivity index (χ4v) is 3.37. The maximum Gasteiger partial charge on any atom is 0.254 e. The van der Waals surface area contributed by atoms with Crippen LogP contribution >= 0.6 is 0 Å². The molecule has 24 heavy (non-hydrogen) atoms. The minimum absolute atomic E-state index is 0.0613. The van der Waals surface area contributed by atoms with Crippen LogP contribution in [0.5, 0.6) is 0 Å². The quantitative estimate of drug-likeness (QED) is 0.778. The van der Waals surface area contributed by atoms with Crippen molar-refractivity contribution >= 4 is 5.91 Å². The molecule has 0 radical (unpaired) electrons. The monoisotopic (exact) mass is 321 g/mol. The number of hydrogen-bond donors (Lipinski definition) is 2. The maximum atomic E-state index is 13.1. The lowest BCUT2D eigenvalue weighted by Gasteiger charge is -2.32. The van der Waals surface area contributed by atoms with Crippen molar-refractivity contribution in [1.29, 1.82) is 0 Å². The highest BCUT2D eigenvalue weighted by atomic mass is 16.2. The molecule has 0 saturated carbocycles. The number of likely N-dealkylation sites (tertiary alicyclic amines) is 1. The Balaban J connectivity index is 1.60. The van der Waals surface area contributed by atoms with Crippen LogP contribution in [0.25, 0.3) is 11.4 Å². The number of hydrogen-bond acceptors (Lipinski definition) is 3. The summed E-state index contributed by atoms with van der Waals surface area (Å²) >= 11 is 0. The number of rotatable bonds is 3. The highest BCUT2D eigenvalue weighted by Crippen LogP contribution is 2.28. The van der Waals surface area contributed by atoms with Crippen LogP contribution in [0.2, 0.25) is 0 Å². The SMILES string of the molecule is O=C(c1ccccc1-c1ncc[nH]1)N1CCC[C@H](c2ccn[nH]2)C1. The Morgan fingerprint density at radius 1 is 1.21 bits per heavy atom. The van der Waals surface area contributed by atoms with Crippen molar-refractivity contribution in [1.82, 2.24) is 25.1 Å². The van der Waals surface area contributed by atoms with E-state index in [1.165, 1.54) is 0 Å². The Labute approximate surface area is 139 Å². The van der Waals surface area contributed by atoms with E-state index in [2.05, 4.69) is 20.2 Å². The highest BCUT2D eigenvalue weighted by molar-refractivity contribution is 6.00. The van der Waals surface area contributed by atoms with Crippen molar-refractivity contribution in [3.05, 3.63) is 60.2 Å². The lowest BCUT2D eigenvalue weighted by atomic mass is 9.94. The number of H-pyrrole nitrogens is 2. The molecule has 1 aliphatic heterocycles. The van der Waals surface area contributed by atoms with Gasteiger partial charge in [-0.3, -0.25) is 9.89 Å². The van der Waals surface area contributed by atoms with Crippen molar-refractivity contribution < 1.29 is 4.79 Å². The number of nitrogens with one attached hydrogen (secondary N) is 2. The van der Waals surface area contributed by atoms with Crippen LogP contribution in [0, 0.1) is 0 Å². The molecule has 6 heteroatoms. The number of aromatic amines is 2. The Morgan fingerprint density at radius 2 is 2.12 bits per heavy atom. The Morgan fingerprint density at radius 3 is 2.92 bits per heavy atom. The van der Waals surface area contributed by atoms with E-state index >= 15 is 0 Å². The molecular weight excluding hydrogens is 302 g/mol. The summed E-state index contributed by atoms with van der Waals surface area (Å²) < 4.78 is 0. The number of piperidine rings is 1. The number of amides is 1. The number of nitrogens with zero attached hydrogens (tertiary/aromatic N) is 3. The van der Waals surface area contributed by atoms with Gasteiger partial charge in [-0.1, -0.05) is 18.2 Å². The summed E-state index contributed by atoms with van der Waals surface area (Å²) in [5, 5.41) is 7.07. The molecule has 4 rings (SSSR count). The van der Waals surface area contributed by atoms with E-state index < -0.39 is 0 Å². The van der Waals surface area contributed by atoms with Crippen LogP contribution in [0.1, 0.15) is 34.8 Å². The summed E-state index contributed by atoms with van der Waals surface area (Å²) in [4.78, 5) is 22.4. The molecule has 1 fully saturated rings. The van der Waals surface area contributed by atoms with Crippen LogP contribution in [0.15, 0.2) is 48.9 Å². The summed E-state index contributed by atoms with van der Waals surface area (Å²) in [6, 6.07) is 9.63. The van der Waals surface area contributed by atoms with Crippen LogP contribution in [0.4, 0.5) is 0 Å². The van der Waals surface area contributed by atoms with E-state index in [-0.39, 0.29) is 5.91 Å². The van der Waals surface area contributed by atoms with Gasteiger partial charge in [0.1, 0.15) is 5.82 Å². The molecule has 0 unspecified atom stereocenters. The lowest BCUT2D eigenvalue weighted by molar-refractivity contribution is 0.0706. The first-order chi connectivity index (χ1) is 11.8. The fourth-order valence-electron chi connectivity index (χ4n) is 3.37. The summed E-state index contributed by atoms with van der Waals surface area (Å²) in [5.74, 6) is 1.10. The third-order valence-electron chi connectivity index (χ3n) is 4.58. The van der Waals surface area contributed by atoms with E-state index in [1.54, 1.807) is 18.6 Å². The van der Waals surface area contributed by atoms with Crippen molar-refractivity contribution in [3.8, 4) is 11.4 Å². The van der Waals surface area contributed by atoms with Gasteiger partial charge in [0.25, 0.3) is 5.91 Å². The van der Waals surface area contributed by atoms with E-state index in [0.717, 1.165) is 36.5 Å². The molecule has 2 aromatic heterocycles. The molecule has 122 valence electrons. The summed E-state index contributed by atoms with van der Waals surface area (Å²) in [7, 11) is 0. The number of benzene rings is 1. The van der Waals surface area contributed by atoms with Crippen molar-refractivity contribution in [2.75, 3.05) is 13.1 Å². The first kappa shape index (κ1) is 14.7. The normalized spacial score (nSPS) is 17.8. The predicted octanol–water partition coefficient (Wildman–Crippen LogP) is 2.82. The van der Waals surface area contributed by atoms with Gasteiger partial charge in [0.15, 0.2) is 0 Å². The molecule has 1 amide bonds. The molecule has 0 bridgehead atoms. The number of carbonyl (C=O) groups is 1. The van der Waals surface area contributed by atoms with Crippen molar-refractivity contribution in [3.63, 3.8) is 0 Å². The molecule has 3 aromatic rings. The molecule has 0 spiro atoms. The largest absolute Gasteiger partial charge is 0.345 e. The third kappa shape index (κ3) is 2.71. The number of imidazole rings is 1. The molecule has 1 aromatic carbocycles. The average molecular weight is 321 g/mol. The molecule has 1 saturated heterocycles. The lowest BCUT2D eigenvalue weighted by Crippen LogP contribution is -2.39. The first-order valence-electron chi connectivity index (χ1n) is 8.20. The van der Waals surface area contributed by atoms with E-state index in [9.17, 15) is 4.79 Å². The molecular formula is C18H19N5O. The minimum Gasteiger partial charge on any atom is -0.345 e. The fraction of sp³-hybridized carbons (Fsp3) is 0.278. The van der Waals surface area contributed by atoms with Gasteiger partial charge in [0.2, 0.25) is 0 Å². The van der Waals surface area contributed by atoms with Gasteiger partial charge >= 0.3 is 0 Å². The first-order valence-corrected chi connectivity index (χ1v) is 8.20. The predicted molar refractivity (Wildman–Crippen MR) is 90.5 cm³/mol. The number of carbonyl (C=O) groups excluding carboxylic acids is 1. The number of aromatic nitrogens is 4. The van der Waals surface area contributed by atoms with Gasteiger partial charge in [-0.2, -0.15) is 5.10 Å². The summed E-state index contributed by atoms with van der Waals surface area (Å²) in [6.07, 6.45) is 7.31. The van der Waals surface area contributed by atoms with Gasteiger partial charge in [-0.25, -0.2) is 4.98 Å². The van der Waals surface area contributed by atoms with Crippen LogP contribution < -0.4 is 0 Å². The minimum atomic E-state index is 0.0613. The Bertz CT molecular complexity index is 810. The maximum absolute atomic E-state index is 13.1. The summed E-state index contributed by atoms with van der Waals surface area (Å²) in [6.45, 7) is 1.50. The van der Waals surface area contributed by atoms with Gasteiger partial charge in [-0.05, 0) is 25.0 Å². The van der Waals surface area contributed by atoms with E-state index in [1.807, 2.05) is 35.2 Å². The van der Waals surface area contributed by atoms with Crippen LogP contribution in [-0.2, 0) is 0 Å². The van der Waals surface area contributed by atoms with Crippen LogP contribution in [-0.4, -0.2) is 44.1 Å². The molecule has 3 heterocycles. The van der Waals surface area contributed by atoms with Crippen molar-refractivity contribution in [2.24, 2.45) is 0 Å². The average Bonchev–Trinajstić information content (AvgIpc) is 3.35. The topological polar surface area (TPSA) is 77.7 Å². The smallest absolute Gasteiger partial charge is 0.254 e. The second-order valence-electron chi connectivity index (χ2n) is 6.09. The standard InChI is InChI=1S/C18H19N5O/c24-18(15-6-2-1-5-14(15)17-19-9-10-20-17)23-11-3-4-13(12-23)16-7-8-21-22-16/h1-2,5-10,13H,3-4,11-12H2,(H,19,20)(H,21,22)/t13-/m0/s1. The van der Waals surface area contributed by atoms with Gasteiger partial charge in [-0.15, -0.1) is 0 Å². The van der Waals surface area contributed by atoms with E-state index in [4.69, 9.17) is 0 Å². The molecule has 1 aliphatic rings. The molecule has 2 N–H and O–H groups in total. The van der Waals surface area contributed by atoms with Gasteiger partial charge in [0, 0.05) is 48.9 Å². The van der Waals surface area contributed by atoms with Gasteiger partial charge < -0.3 is 9.88 Å². The Hall–Kier alpha value is -2.89. The van der Waals surface area contributed by atoms with Crippen LogP contribution in [0.3, 0.4) is 0 Å². The molecule has 0 aliphatic carbocycles. The summed E-state index contributed by atoms with van der Waals surface area (Å²) in [5.41, 5.74) is 2.64. The molecule has 1 atom stereocenters. The zero-order chi connectivity index (χ0) is 16.4. The Kier molecular flexibility index (Phi) is 3.86. The van der Waals surface area contributed by atoms with Gasteiger partial charge in [0.05, 0.1) is 5.56 Å². The highest BCUT2D eigenvalue weighted by Gasteiger charge is 2.27.